The smallest absolute Gasteiger partial charge is 0.253 e. The summed E-state index contributed by atoms with van der Waals surface area (Å²) in [5.41, 5.74) is 2.53. The first-order chi connectivity index (χ1) is 11.5. The number of carbonyl (C=O) groups is 1. The highest BCUT2D eigenvalue weighted by Crippen LogP contribution is 2.18. The standard InChI is InChI=1S/C19H22ClFN2O/c1-3-23(4-2)13-15-8-6-5-7-14(15)12-22-19(24)17-10-9-16(21)11-18(17)20/h5-11H,3-4,12-13H2,1-2H3,(H,22,24). The Morgan fingerprint density at radius 2 is 1.79 bits per heavy atom. The molecule has 0 saturated carbocycles. The maximum Gasteiger partial charge on any atom is 0.253 e. The van der Waals surface area contributed by atoms with Crippen molar-refractivity contribution in [1.29, 1.82) is 0 Å². The minimum absolute atomic E-state index is 0.115. The van der Waals surface area contributed by atoms with Crippen LogP contribution in [0.5, 0.6) is 0 Å². The van der Waals surface area contributed by atoms with E-state index in [0.29, 0.717) is 6.54 Å². The number of nitrogens with zero attached hydrogens (tertiary/aromatic N) is 1. The van der Waals surface area contributed by atoms with E-state index in [1.807, 2.05) is 18.2 Å². The van der Waals surface area contributed by atoms with Crippen LogP contribution in [0, 0.1) is 5.82 Å². The quantitative estimate of drug-likeness (QED) is 0.811. The van der Waals surface area contributed by atoms with Gasteiger partial charge in [0.2, 0.25) is 0 Å². The summed E-state index contributed by atoms with van der Waals surface area (Å²) < 4.78 is 13.1. The number of hydrogen-bond acceptors (Lipinski definition) is 2. The number of hydrogen-bond donors (Lipinski definition) is 1. The van der Waals surface area contributed by atoms with Gasteiger partial charge in [0.25, 0.3) is 5.91 Å². The second-order valence-electron chi connectivity index (χ2n) is 5.54. The molecular formula is C19H22ClFN2O. The fourth-order valence-electron chi connectivity index (χ4n) is 2.52. The van der Waals surface area contributed by atoms with Crippen molar-refractivity contribution in [2.75, 3.05) is 13.1 Å². The molecule has 3 nitrogen and oxygen atoms in total. The zero-order valence-corrected chi connectivity index (χ0v) is 14.7. The maximum atomic E-state index is 13.1. The fraction of sp³-hybridized carbons (Fsp3) is 0.316. The summed E-state index contributed by atoms with van der Waals surface area (Å²) in [6, 6.07) is 11.8. The lowest BCUT2D eigenvalue weighted by atomic mass is 10.1. The van der Waals surface area contributed by atoms with Gasteiger partial charge < -0.3 is 5.32 Å². The van der Waals surface area contributed by atoms with E-state index in [1.54, 1.807) is 0 Å². The molecule has 1 N–H and O–H groups in total. The van der Waals surface area contributed by atoms with Crippen molar-refractivity contribution in [3.05, 3.63) is 70.0 Å². The van der Waals surface area contributed by atoms with E-state index in [9.17, 15) is 9.18 Å². The van der Waals surface area contributed by atoms with Gasteiger partial charge in [-0.15, -0.1) is 0 Å². The molecule has 0 aromatic heterocycles. The lowest BCUT2D eigenvalue weighted by molar-refractivity contribution is 0.0951. The van der Waals surface area contributed by atoms with Gasteiger partial charge in [0.15, 0.2) is 0 Å². The molecule has 0 aliphatic rings. The highest BCUT2D eigenvalue weighted by Gasteiger charge is 2.12. The molecule has 0 saturated heterocycles. The van der Waals surface area contributed by atoms with Crippen molar-refractivity contribution in [2.45, 2.75) is 26.9 Å². The van der Waals surface area contributed by atoms with Crippen molar-refractivity contribution in [3.63, 3.8) is 0 Å². The summed E-state index contributed by atoms with van der Waals surface area (Å²) in [6.07, 6.45) is 0. The summed E-state index contributed by atoms with van der Waals surface area (Å²) in [5.74, 6) is -0.765. The van der Waals surface area contributed by atoms with Gasteiger partial charge in [-0.3, -0.25) is 9.69 Å². The Balaban J connectivity index is 2.07. The van der Waals surface area contributed by atoms with E-state index in [-0.39, 0.29) is 16.5 Å². The van der Waals surface area contributed by atoms with Gasteiger partial charge in [-0.2, -0.15) is 0 Å². The molecule has 2 aromatic rings. The largest absolute Gasteiger partial charge is 0.348 e. The second-order valence-corrected chi connectivity index (χ2v) is 5.94. The molecule has 0 aliphatic heterocycles. The van der Waals surface area contributed by atoms with Gasteiger partial charge >= 0.3 is 0 Å². The lowest BCUT2D eigenvalue weighted by Crippen LogP contribution is -2.26. The minimum Gasteiger partial charge on any atom is -0.348 e. The van der Waals surface area contributed by atoms with Crippen LogP contribution in [0.15, 0.2) is 42.5 Å². The van der Waals surface area contributed by atoms with Crippen molar-refractivity contribution in [2.24, 2.45) is 0 Å². The van der Waals surface area contributed by atoms with Gasteiger partial charge in [-0.05, 0) is 42.4 Å². The predicted octanol–water partition coefficient (Wildman–Crippen LogP) is 4.25. The third-order valence-electron chi connectivity index (χ3n) is 4.02. The summed E-state index contributed by atoms with van der Waals surface area (Å²) in [6.45, 7) is 7.46. The van der Waals surface area contributed by atoms with Crippen LogP contribution >= 0.6 is 11.6 Å². The zero-order valence-electron chi connectivity index (χ0n) is 14.0. The Bertz CT molecular complexity index is 702. The van der Waals surface area contributed by atoms with E-state index in [2.05, 4.69) is 30.1 Å². The number of nitrogens with one attached hydrogen (secondary N) is 1. The van der Waals surface area contributed by atoms with Crippen LogP contribution < -0.4 is 5.32 Å². The normalized spacial score (nSPS) is 10.9. The molecule has 0 heterocycles. The third kappa shape index (κ3) is 4.79. The van der Waals surface area contributed by atoms with Crippen LogP contribution in [0.1, 0.15) is 35.3 Å². The Morgan fingerprint density at radius 3 is 2.42 bits per heavy atom. The van der Waals surface area contributed by atoms with E-state index < -0.39 is 5.82 Å². The van der Waals surface area contributed by atoms with E-state index in [0.717, 1.165) is 31.3 Å². The third-order valence-corrected chi connectivity index (χ3v) is 4.33. The molecule has 0 spiro atoms. The molecule has 0 fully saturated rings. The molecule has 0 aliphatic carbocycles. The maximum absolute atomic E-state index is 13.1. The molecule has 0 atom stereocenters. The molecule has 0 bridgehead atoms. The van der Waals surface area contributed by atoms with Crippen LogP contribution in [0.25, 0.3) is 0 Å². The Kier molecular flexibility index (Phi) is 6.76. The van der Waals surface area contributed by atoms with Crippen molar-refractivity contribution in [1.82, 2.24) is 10.2 Å². The van der Waals surface area contributed by atoms with Crippen molar-refractivity contribution >= 4 is 17.5 Å². The van der Waals surface area contributed by atoms with Crippen LogP contribution in [0.3, 0.4) is 0 Å². The first-order valence-electron chi connectivity index (χ1n) is 8.07. The second kappa shape index (κ2) is 8.81. The molecule has 1 amide bonds. The molecule has 24 heavy (non-hydrogen) atoms. The van der Waals surface area contributed by atoms with E-state index >= 15 is 0 Å². The monoisotopic (exact) mass is 348 g/mol. The van der Waals surface area contributed by atoms with Gasteiger partial charge in [-0.25, -0.2) is 4.39 Å². The molecule has 5 heteroatoms. The average Bonchev–Trinajstić information content (AvgIpc) is 2.58. The Morgan fingerprint density at radius 1 is 1.12 bits per heavy atom. The first kappa shape index (κ1) is 18.4. The SMILES string of the molecule is CCN(CC)Cc1ccccc1CNC(=O)c1ccc(F)cc1Cl. The molecule has 2 rings (SSSR count). The fourth-order valence-corrected chi connectivity index (χ4v) is 2.77. The topological polar surface area (TPSA) is 32.3 Å². The first-order valence-corrected chi connectivity index (χ1v) is 8.45. The summed E-state index contributed by atoms with van der Waals surface area (Å²) in [5, 5.41) is 2.98. The van der Waals surface area contributed by atoms with Crippen molar-refractivity contribution < 1.29 is 9.18 Å². The number of halogens is 2. The van der Waals surface area contributed by atoms with Crippen LogP contribution in [0.4, 0.5) is 4.39 Å². The Hall–Kier alpha value is -1.91. The molecule has 0 radical (unpaired) electrons. The predicted molar refractivity (Wildman–Crippen MR) is 95.6 cm³/mol. The number of benzene rings is 2. The lowest BCUT2D eigenvalue weighted by Gasteiger charge is -2.20. The van der Waals surface area contributed by atoms with Gasteiger partial charge in [0, 0.05) is 13.1 Å². The highest BCUT2D eigenvalue weighted by molar-refractivity contribution is 6.33. The van der Waals surface area contributed by atoms with Crippen LogP contribution in [-0.4, -0.2) is 23.9 Å². The number of rotatable bonds is 7. The molecular weight excluding hydrogens is 327 g/mol. The molecule has 2 aromatic carbocycles. The summed E-state index contributed by atoms with van der Waals surface area (Å²) >= 11 is 5.94. The number of carbonyl (C=O) groups excluding carboxylic acids is 1. The molecule has 0 unspecified atom stereocenters. The number of amides is 1. The zero-order chi connectivity index (χ0) is 17.5. The minimum atomic E-state index is -0.457. The summed E-state index contributed by atoms with van der Waals surface area (Å²) in [4.78, 5) is 14.6. The van der Waals surface area contributed by atoms with E-state index in [1.165, 1.54) is 17.7 Å². The highest BCUT2D eigenvalue weighted by atomic mass is 35.5. The molecule has 128 valence electrons. The van der Waals surface area contributed by atoms with E-state index in [4.69, 9.17) is 11.6 Å². The van der Waals surface area contributed by atoms with Crippen LogP contribution in [-0.2, 0) is 13.1 Å². The Labute approximate surface area is 147 Å². The van der Waals surface area contributed by atoms with Gasteiger partial charge in [-0.1, -0.05) is 49.7 Å². The average molecular weight is 349 g/mol. The summed E-state index contributed by atoms with van der Waals surface area (Å²) in [7, 11) is 0. The van der Waals surface area contributed by atoms with Gasteiger partial charge in [0.05, 0.1) is 10.6 Å². The van der Waals surface area contributed by atoms with Crippen LogP contribution in [0.2, 0.25) is 5.02 Å². The van der Waals surface area contributed by atoms with Crippen molar-refractivity contribution in [3.8, 4) is 0 Å². The van der Waals surface area contributed by atoms with Gasteiger partial charge in [0.1, 0.15) is 5.82 Å².